The van der Waals surface area contributed by atoms with Crippen LogP contribution in [0.15, 0.2) is 54.6 Å². The van der Waals surface area contributed by atoms with Crippen LogP contribution in [-0.2, 0) is 13.0 Å². The first kappa shape index (κ1) is 16.9. The zero-order valence-corrected chi connectivity index (χ0v) is 15.0. The van der Waals surface area contributed by atoms with Crippen LogP contribution < -0.4 is 10.6 Å². The molecule has 0 unspecified atom stereocenters. The number of benzene rings is 2. The predicted molar refractivity (Wildman–Crippen MR) is 105 cm³/mol. The van der Waals surface area contributed by atoms with Crippen LogP contribution in [0.25, 0.3) is 0 Å². The highest BCUT2D eigenvalue weighted by molar-refractivity contribution is 7.80. The van der Waals surface area contributed by atoms with Gasteiger partial charge in [-0.1, -0.05) is 49.4 Å². The molecule has 2 aromatic carbocycles. The fourth-order valence-electron chi connectivity index (χ4n) is 3.11. The van der Waals surface area contributed by atoms with Crippen molar-refractivity contribution in [1.29, 1.82) is 0 Å². The SMILES string of the molecule is CCc1ccc(NC(=S)N[C@@H]2CCN(Cc3ccccc3)C2)cc1. The summed E-state index contributed by atoms with van der Waals surface area (Å²) in [6.07, 6.45) is 2.19. The highest BCUT2D eigenvalue weighted by atomic mass is 32.1. The van der Waals surface area contributed by atoms with E-state index in [0.29, 0.717) is 11.2 Å². The van der Waals surface area contributed by atoms with Crippen molar-refractivity contribution < 1.29 is 0 Å². The van der Waals surface area contributed by atoms with E-state index in [9.17, 15) is 0 Å². The average Bonchev–Trinajstić information content (AvgIpc) is 3.03. The summed E-state index contributed by atoms with van der Waals surface area (Å²) in [6, 6.07) is 19.5. The molecule has 0 aromatic heterocycles. The molecule has 1 atom stereocenters. The van der Waals surface area contributed by atoms with E-state index in [4.69, 9.17) is 12.2 Å². The number of aryl methyl sites for hydroxylation is 1. The Morgan fingerprint density at radius 2 is 1.83 bits per heavy atom. The zero-order valence-electron chi connectivity index (χ0n) is 14.2. The number of hydrogen-bond donors (Lipinski definition) is 2. The van der Waals surface area contributed by atoms with Crippen molar-refractivity contribution in [2.45, 2.75) is 32.4 Å². The topological polar surface area (TPSA) is 27.3 Å². The van der Waals surface area contributed by atoms with Crippen LogP contribution in [0.3, 0.4) is 0 Å². The smallest absolute Gasteiger partial charge is 0.171 e. The number of hydrogen-bond acceptors (Lipinski definition) is 2. The molecule has 3 nitrogen and oxygen atoms in total. The Kier molecular flexibility index (Phi) is 5.83. The van der Waals surface area contributed by atoms with Crippen molar-refractivity contribution in [1.82, 2.24) is 10.2 Å². The molecule has 0 spiro atoms. The van der Waals surface area contributed by atoms with E-state index < -0.39 is 0 Å². The minimum absolute atomic E-state index is 0.420. The highest BCUT2D eigenvalue weighted by Gasteiger charge is 2.22. The third-order valence-corrected chi connectivity index (χ3v) is 4.70. The molecule has 2 N–H and O–H groups in total. The average molecular weight is 340 g/mol. The van der Waals surface area contributed by atoms with Crippen LogP contribution in [0.1, 0.15) is 24.5 Å². The summed E-state index contributed by atoms with van der Waals surface area (Å²) >= 11 is 5.46. The van der Waals surface area contributed by atoms with E-state index >= 15 is 0 Å². The molecule has 0 aliphatic carbocycles. The van der Waals surface area contributed by atoms with Crippen molar-refractivity contribution in [3.05, 3.63) is 65.7 Å². The highest BCUT2D eigenvalue weighted by Crippen LogP contribution is 2.14. The number of likely N-dealkylation sites (tertiary alicyclic amines) is 1. The summed E-state index contributed by atoms with van der Waals surface area (Å²) in [7, 11) is 0. The Balaban J connectivity index is 1.45. The van der Waals surface area contributed by atoms with Gasteiger partial charge in [-0.3, -0.25) is 4.90 Å². The molecule has 0 saturated carbocycles. The first-order valence-corrected chi connectivity index (χ1v) is 9.06. The normalized spacial score (nSPS) is 17.6. The Morgan fingerprint density at radius 3 is 2.54 bits per heavy atom. The van der Waals surface area contributed by atoms with E-state index in [1.54, 1.807) is 0 Å². The minimum Gasteiger partial charge on any atom is -0.358 e. The van der Waals surface area contributed by atoms with Gasteiger partial charge >= 0.3 is 0 Å². The molecule has 1 fully saturated rings. The van der Waals surface area contributed by atoms with Crippen molar-refractivity contribution >= 4 is 23.0 Å². The lowest BCUT2D eigenvalue weighted by molar-refractivity contribution is 0.324. The van der Waals surface area contributed by atoms with Crippen LogP contribution in [0.4, 0.5) is 5.69 Å². The van der Waals surface area contributed by atoms with E-state index in [0.717, 1.165) is 38.2 Å². The monoisotopic (exact) mass is 339 g/mol. The molecular weight excluding hydrogens is 314 g/mol. The number of nitrogens with zero attached hydrogens (tertiary/aromatic N) is 1. The lowest BCUT2D eigenvalue weighted by Crippen LogP contribution is -2.39. The van der Waals surface area contributed by atoms with Gasteiger partial charge in [0.05, 0.1) is 0 Å². The maximum absolute atomic E-state index is 5.46. The molecule has 4 heteroatoms. The second-order valence-electron chi connectivity index (χ2n) is 6.36. The van der Waals surface area contributed by atoms with Gasteiger partial charge in [0.15, 0.2) is 5.11 Å². The maximum Gasteiger partial charge on any atom is 0.171 e. The summed E-state index contributed by atoms with van der Waals surface area (Å²) in [5, 5.41) is 7.45. The third kappa shape index (κ3) is 4.79. The Hall–Kier alpha value is -1.91. The summed E-state index contributed by atoms with van der Waals surface area (Å²) in [5.74, 6) is 0. The van der Waals surface area contributed by atoms with Gasteiger partial charge in [-0.2, -0.15) is 0 Å². The van der Waals surface area contributed by atoms with Gasteiger partial charge in [0.2, 0.25) is 0 Å². The lowest BCUT2D eigenvalue weighted by Gasteiger charge is -2.18. The van der Waals surface area contributed by atoms with Crippen LogP contribution in [0.2, 0.25) is 0 Å². The van der Waals surface area contributed by atoms with Crippen molar-refractivity contribution in [3.63, 3.8) is 0 Å². The molecule has 1 aliphatic rings. The van der Waals surface area contributed by atoms with Gasteiger partial charge in [-0.15, -0.1) is 0 Å². The van der Waals surface area contributed by atoms with E-state index in [1.165, 1.54) is 11.1 Å². The largest absolute Gasteiger partial charge is 0.358 e. The first-order valence-electron chi connectivity index (χ1n) is 8.65. The molecule has 1 heterocycles. The van der Waals surface area contributed by atoms with Crippen LogP contribution in [0.5, 0.6) is 0 Å². The van der Waals surface area contributed by atoms with Crippen molar-refractivity contribution in [2.75, 3.05) is 18.4 Å². The van der Waals surface area contributed by atoms with E-state index in [1.807, 2.05) is 0 Å². The molecule has 126 valence electrons. The second kappa shape index (κ2) is 8.27. The third-order valence-electron chi connectivity index (χ3n) is 4.48. The molecule has 1 saturated heterocycles. The van der Waals surface area contributed by atoms with Gasteiger partial charge < -0.3 is 10.6 Å². The molecule has 0 amide bonds. The molecule has 24 heavy (non-hydrogen) atoms. The summed E-state index contributed by atoms with van der Waals surface area (Å²) in [6.45, 7) is 5.32. The van der Waals surface area contributed by atoms with Crippen molar-refractivity contribution in [3.8, 4) is 0 Å². The molecule has 1 aliphatic heterocycles. The summed E-state index contributed by atoms with van der Waals surface area (Å²) in [4.78, 5) is 2.48. The maximum atomic E-state index is 5.46. The first-order chi connectivity index (χ1) is 11.7. The van der Waals surface area contributed by atoms with Gasteiger partial charge in [0.25, 0.3) is 0 Å². The van der Waals surface area contributed by atoms with Gasteiger partial charge in [0.1, 0.15) is 0 Å². The van der Waals surface area contributed by atoms with Gasteiger partial charge in [-0.25, -0.2) is 0 Å². The van der Waals surface area contributed by atoms with Gasteiger partial charge in [0, 0.05) is 31.4 Å². The molecule has 2 aromatic rings. The fraction of sp³-hybridized carbons (Fsp3) is 0.350. The Labute approximate surface area is 150 Å². The molecule has 3 rings (SSSR count). The number of nitrogens with one attached hydrogen (secondary N) is 2. The quantitative estimate of drug-likeness (QED) is 0.810. The number of anilines is 1. The van der Waals surface area contributed by atoms with Crippen molar-refractivity contribution in [2.24, 2.45) is 0 Å². The van der Waals surface area contributed by atoms with E-state index in [2.05, 4.69) is 77.1 Å². The number of thiocarbonyl (C=S) groups is 1. The summed E-state index contributed by atoms with van der Waals surface area (Å²) < 4.78 is 0. The summed E-state index contributed by atoms with van der Waals surface area (Å²) in [5.41, 5.74) is 3.76. The standard InChI is InChI=1S/C20H25N3S/c1-2-16-8-10-18(11-9-16)21-20(24)22-19-12-13-23(15-19)14-17-6-4-3-5-7-17/h3-11,19H,2,12-15H2,1H3,(H2,21,22,24)/t19-/m1/s1. The second-order valence-corrected chi connectivity index (χ2v) is 6.76. The van der Waals surface area contributed by atoms with Gasteiger partial charge in [-0.05, 0) is 48.3 Å². The number of rotatable bonds is 5. The molecular formula is C20H25N3S. The lowest BCUT2D eigenvalue weighted by atomic mass is 10.1. The van der Waals surface area contributed by atoms with Crippen LogP contribution in [-0.4, -0.2) is 29.1 Å². The molecule has 0 radical (unpaired) electrons. The predicted octanol–water partition coefficient (Wildman–Crippen LogP) is 3.81. The minimum atomic E-state index is 0.420. The Bertz CT molecular complexity index is 654. The Morgan fingerprint density at radius 1 is 1.08 bits per heavy atom. The van der Waals surface area contributed by atoms with Crippen LogP contribution >= 0.6 is 12.2 Å². The fourth-order valence-corrected chi connectivity index (χ4v) is 3.40. The zero-order chi connectivity index (χ0) is 16.8. The van der Waals surface area contributed by atoms with E-state index in [-0.39, 0.29) is 0 Å². The van der Waals surface area contributed by atoms with Crippen LogP contribution in [0, 0.1) is 0 Å². The molecule has 0 bridgehead atoms.